The highest BCUT2D eigenvalue weighted by atomic mass is 16.3. The number of rotatable bonds is 6. The maximum absolute atomic E-state index is 13.3. The molecule has 5 rings (SSSR count). The van der Waals surface area contributed by atoms with Gasteiger partial charge in [0.25, 0.3) is 0 Å². The minimum atomic E-state index is -0.535. The molecule has 3 aliphatic rings. The number of hydrogen-bond acceptors (Lipinski definition) is 4. The second-order valence-electron chi connectivity index (χ2n) is 9.54. The van der Waals surface area contributed by atoms with Gasteiger partial charge in [0.1, 0.15) is 0 Å². The average molecular weight is 421 g/mol. The van der Waals surface area contributed by atoms with Crippen molar-refractivity contribution < 1.29 is 9.90 Å². The number of aromatic nitrogens is 1. The molecule has 2 aromatic rings. The zero-order valence-corrected chi connectivity index (χ0v) is 18.3. The van der Waals surface area contributed by atoms with E-state index in [2.05, 4.69) is 40.2 Å². The Hall–Kier alpha value is -2.44. The highest BCUT2D eigenvalue weighted by Crippen LogP contribution is 2.43. The number of aliphatic hydroxyl groups excluding tert-OH is 1. The van der Waals surface area contributed by atoms with E-state index in [4.69, 9.17) is 0 Å². The van der Waals surface area contributed by atoms with Crippen LogP contribution < -0.4 is 0 Å². The predicted octanol–water partition coefficient (Wildman–Crippen LogP) is 2.97. The Morgan fingerprint density at radius 3 is 2.65 bits per heavy atom. The molecule has 6 nitrogen and oxygen atoms in total. The molecule has 1 spiro atoms. The smallest absolute Gasteiger partial charge is 0.321 e. The van der Waals surface area contributed by atoms with Gasteiger partial charge in [-0.05, 0) is 55.4 Å². The first-order valence-corrected chi connectivity index (χ1v) is 11.5. The van der Waals surface area contributed by atoms with Crippen LogP contribution in [0.1, 0.15) is 41.6 Å². The first-order chi connectivity index (χ1) is 15.0. The molecule has 0 radical (unpaired) electrons. The molecule has 1 aromatic heterocycles. The highest BCUT2D eigenvalue weighted by Gasteiger charge is 2.53. The van der Waals surface area contributed by atoms with E-state index in [1.165, 1.54) is 11.1 Å². The summed E-state index contributed by atoms with van der Waals surface area (Å²) in [7, 11) is 0. The topological polar surface area (TPSA) is 59.9 Å². The van der Waals surface area contributed by atoms with Gasteiger partial charge in [-0.3, -0.25) is 9.88 Å². The fraction of sp³-hybridized carbons (Fsp3) is 0.520. The number of aryl methyl sites for hydroxylation is 1. The van der Waals surface area contributed by atoms with E-state index in [1.54, 1.807) is 0 Å². The van der Waals surface area contributed by atoms with E-state index in [-0.39, 0.29) is 11.6 Å². The van der Waals surface area contributed by atoms with Crippen molar-refractivity contribution in [1.82, 2.24) is 19.7 Å². The van der Waals surface area contributed by atoms with Crippen LogP contribution in [0, 0.1) is 6.92 Å². The highest BCUT2D eigenvalue weighted by molar-refractivity contribution is 5.78. The van der Waals surface area contributed by atoms with Crippen LogP contribution >= 0.6 is 0 Å². The van der Waals surface area contributed by atoms with Crippen molar-refractivity contribution in [3.05, 3.63) is 65.0 Å². The van der Waals surface area contributed by atoms with E-state index < -0.39 is 6.10 Å². The minimum Gasteiger partial charge on any atom is -0.390 e. The Labute approximate surface area is 184 Å². The molecule has 3 heterocycles. The number of benzene rings is 1. The lowest BCUT2D eigenvalue weighted by atomic mass is 9.76. The van der Waals surface area contributed by atoms with Crippen LogP contribution in [0.15, 0.2) is 42.6 Å². The summed E-state index contributed by atoms with van der Waals surface area (Å²) in [6, 6.07) is 12.7. The summed E-state index contributed by atoms with van der Waals surface area (Å²) >= 11 is 0. The average Bonchev–Trinajstić information content (AvgIpc) is 3.02. The summed E-state index contributed by atoms with van der Waals surface area (Å²) in [5, 5.41) is 10.9. The summed E-state index contributed by atoms with van der Waals surface area (Å²) < 4.78 is 0. The van der Waals surface area contributed by atoms with Crippen molar-refractivity contribution in [2.75, 3.05) is 26.2 Å². The van der Waals surface area contributed by atoms with Gasteiger partial charge in [0.15, 0.2) is 0 Å². The summed E-state index contributed by atoms with van der Waals surface area (Å²) in [6.45, 7) is 6.17. The second kappa shape index (κ2) is 8.24. The third kappa shape index (κ3) is 4.06. The molecule has 6 heteroatoms. The number of amides is 2. The van der Waals surface area contributed by atoms with E-state index in [1.807, 2.05) is 29.0 Å². The lowest BCUT2D eigenvalue weighted by Gasteiger charge is -2.45. The lowest BCUT2D eigenvalue weighted by Crippen LogP contribution is -2.55. The van der Waals surface area contributed by atoms with Crippen molar-refractivity contribution in [3.63, 3.8) is 0 Å². The summed E-state index contributed by atoms with van der Waals surface area (Å²) in [5.41, 5.74) is 4.72. The van der Waals surface area contributed by atoms with Crippen molar-refractivity contribution in [1.29, 1.82) is 0 Å². The number of nitrogens with zero attached hydrogens (tertiary/aromatic N) is 4. The molecule has 2 aliphatic heterocycles. The third-order valence-corrected chi connectivity index (χ3v) is 7.26. The molecule has 1 aromatic carbocycles. The predicted molar refractivity (Wildman–Crippen MR) is 119 cm³/mol. The van der Waals surface area contributed by atoms with Crippen LogP contribution in [-0.4, -0.2) is 68.6 Å². The van der Waals surface area contributed by atoms with Gasteiger partial charge in [0, 0.05) is 44.6 Å². The largest absolute Gasteiger partial charge is 0.390 e. The number of fused-ring (bicyclic) bond motifs is 1. The third-order valence-electron chi connectivity index (χ3n) is 7.26. The van der Waals surface area contributed by atoms with Crippen LogP contribution in [0.3, 0.4) is 0 Å². The summed E-state index contributed by atoms with van der Waals surface area (Å²) in [5.74, 6) is 0. The fourth-order valence-electron chi connectivity index (χ4n) is 5.38. The molecular formula is C25H32N4O2. The number of urea groups is 1. The van der Waals surface area contributed by atoms with Crippen LogP contribution in [-0.2, 0) is 19.5 Å². The Morgan fingerprint density at radius 2 is 1.94 bits per heavy atom. The van der Waals surface area contributed by atoms with Gasteiger partial charge in [0.2, 0.25) is 0 Å². The minimum absolute atomic E-state index is 0.0586. The standard InChI is InChI=1S/C25H32N4O2/c1-19-7-8-20(13-26-19)14-28-18-25(10-4-11-25)29(24(28)31)17-23(30)16-27-12-9-21-5-2-3-6-22(21)15-27/h2-3,5-8,13,23,30H,4,9-12,14-18H2,1H3. The Kier molecular flexibility index (Phi) is 5.44. The van der Waals surface area contributed by atoms with Crippen LogP contribution in [0.25, 0.3) is 0 Å². The monoisotopic (exact) mass is 420 g/mol. The van der Waals surface area contributed by atoms with E-state index in [9.17, 15) is 9.90 Å². The van der Waals surface area contributed by atoms with Gasteiger partial charge < -0.3 is 14.9 Å². The van der Waals surface area contributed by atoms with Crippen molar-refractivity contribution in [3.8, 4) is 0 Å². The van der Waals surface area contributed by atoms with Gasteiger partial charge in [-0.15, -0.1) is 0 Å². The SMILES string of the molecule is Cc1ccc(CN2CC3(CCC3)N(CC(O)CN3CCc4ccccc4C3)C2=O)cn1. The molecule has 2 amide bonds. The Balaban J connectivity index is 1.22. The van der Waals surface area contributed by atoms with E-state index >= 15 is 0 Å². The van der Waals surface area contributed by atoms with Gasteiger partial charge in [0.05, 0.1) is 18.2 Å². The normalized spacial score (nSPS) is 21.3. The van der Waals surface area contributed by atoms with Crippen LogP contribution in [0.2, 0.25) is 0 Å². The molecule has 1 atom stereocenters. The first-order valence-electron chi connectivity index (χ1n) is 11.5. The quantitative estimate of drug-likeness (QED) is 0.781. The van der Waals surface area contributed by atoms with E-state index in [0.29, 0.717) is 19.6 Å². The van der Waals surface area contributed by atoms with Crippen molar-refractivity contribution in [2.24, 2.45) is 0 Å². The molecule has 1 unspecified atom stereocenters. The number of carbonyl (C=O) groups excluding carboxylic acids is 1. The Morgan fingerprint density at radius 1 is 1.13 bits per heavy atom. The zero-order chi connectivity index (χ0) is 21.4. The lowest BCUT2D eigenvalue weighted by molar-refractivity contribution is 0.0263. The molecule has 1 saturated heterocycles. The number of hydrogen-bond donors (Lipinski definition) is 1. The summed E-state index contributed by atoms with van der Waals surface area (Å²) in [6.07, 6.45) is 5.57. The molecule has 31 heavy (non-hydrogen) atoms. The van der Waals surface area contributed by atoms with Crippen molar-refractivity contribution in [2.45, 2.75) is 57.3 Å². The Bertz CT molecular complexity index is 941. The maximum Gasteiger partial charge on any atom is 0.321 e. The van der Waals surface area contributed by atoms with Crippen molar-refractivity contribution >= 4 is 6.03 Å². The maximum atomic E-state index is 13.3. The van der Waals surface area contributed by atoms with Gasteiger partial charge >= 0.3 is 6.03 Å². The number of carbonyl (C=O) groups is 1. The molecule has 1 saturated carbocycles. The molecular weight excluding hydrogens is 388 g/mol. The molecule has 164 valence electrons. The van der Waals surface area contributed by atoms with Crippen LogP contribution in [0.4, 0.5) is 4.79 Å². The molecule has 1 aliphatic carbocycles. The fourth-order valence-corrected chi connectivity index (χ4v) is 5.38. The van der Waals surface area contributed by atoms with Gasteiger partial charge in [-0.25, -0.2) is 4.79 Å². The first kappa shape index (κ1) is 20.5. The number of β-amino-alcohol motifs (C(OH)–C–C–N with tert-alkyl or cyclic N) is 1. The van der Waals surface area contributed by atoms with Gasteiger partial charge in [-0.1, -0.05) is 30.3 Å². The molecule has 2 fully saturated rings. The summed E-state index contributed by atoms with van der Waals surface area (Å²) in [4.78, 5) is 23.9. The van der Waals surface area contributed by atoms with Gasteiger partial charge in [-0.2, -0.15) is 0 Å². The number of pyridine rings is 1. The molecule has 0 bridgehead atoms. The number of aliphatic hydroxyl groups is 1. The second-order valence-corrected chi connectivity index (χ2v) is 9.54. The van der Waals surface area contributed by atoms with E-state index in [0.717, 1.165) is 56.6 Å². The zero-order valence-electron chi connectivity index (χ0n) is 18.3. The molecule has 1 N–H and O–H groups in total. The van der Waals surface area contributed by atoms with Crippen LogP contribution in [0.5, 0.6) is 0 Å².